The Morgan fingerprint density at radius 3 is 2.85 bits per heavy atom. The average Bonchev–Trinajstić information content (AvgIpc) is 3.05. The van der Waals surface area contributed by atoms with E-state index < -0.39 is 0 Å². The van der Waals surface area contributed by atoms with Gasteiger partial charge in [0.25, 0.3) is 0 Å². The van der Waals surface area contributed by atoms with Crippen molar-refractivity contribution in [2.45, 2.75) is 58.2 Å². The van der Waals surface area contributed by atoms with E-state index in [2.05, 4.69) is 47.1 Å². The summed E-state index contributed by atoms with van der Waals surface area (Å²) >= 11 is 1.71. The summed E-state index contributed by atoms with van der Waals surface area (Å²) in [6.45, 7) is 5.43. The van der Waals surface area contributed by atoms with E-state index >= 15 is 0 Å². The first-order chi connectivity index (χ1) is 9.74. The van der Waals surface area contributed by atoms with Crippen LogP contribution < -0.4 is 10.2 Å². The van der Waals surface area contributed by atoms with Crippen molar-refractivity contribution in [3.8, 4) is 0 Å². The second-order valence-electron chi connectivity index (χ2n) is 5.67. The molecule has 0 unspecified atom stereocenters. The Balaban J connectivity index is 1.90. The third-order valence-corrected chi connectivity index (χ3v) is 5.06. The Hall–Kier alpha value is -1.07. The fourth-order valence-corrected chi connectivity index (χ4v) is 3.53. The van der Waals surface area contributed by atoms with E-state index in [9.17, 15) is 0 Å². The maximum atomic E-state index is 4.86. The Kier molecular flexibility index (Phi) is 3.98. The largest absolute Gasteiger partial charge is 0.355 e. The molecule has 1 fully saturated rings. The van der Waals surface area contributed by atoms with Crippen molar-refractivity contribution in [1.29, 1.82) is 0 Å². The molecule has 20 heavy (non-hydrogen) atoms. The maximum absolute atomic E-state index is 4.86. The predicted molar refractivity (Wildman–Crippen MR) is 85.7 cm³/mol. The molecular formula is C15H24N4S. The zero-order chi connectivity index (χ0) is 14.1. The van der Waals surface area contributed by atoms with Gasteiger partial charge in [-0.3, -0.25) is 4.40 Å². The zero-order valence-corrected chi connectivity index (χ0v) is 13.4. The summed E-state index contributed by atoms with van der Waals surface area (Å²) in [6, 6.07) is 1.30. The first kappa shape index (κ1) is 13.9. The zero-order valence-electron chi connectivity index (χ0n) is 12.6. The van der Waals surface area contributed by atoms with Crippen LogP contribution in [0.3, 0.4) is 0 Å². The van der Waals surface area contributed by atoms with E-state index in [1.807, 2.05) is 0 Å². The molecule has 2 aromatic rings. The van der Waals surface area contributed by atoms with Gasteiger partial charge in [0.05, 0.1) is 5.69 Å². The number of nitrogens with zero attached hydrogens (tertiary/aromatic N) is 3. The average molecular weight is 292 g/mol. The van der Waals surface area contributed by atoms with E-state index in [4.69, 9.17) is 4.98 Å². The molecule has 2 heterocycles. The van der Waals surface area contributed by atoms with Gasteiger partial charge in [-0.2, -0.15) is 0 Å². The topological polar surface area (TPSA) is 32.6 Å². The van der Waals surface area contributed by atoms with Gasteiger partial charge in [0.15, 0.2) is 10.8 Å². The van der Waals surface area contributed by atoms with Crippen LogP contribution in [0.2, 0.25) is 0 Å². The van der Waals surface area contributed by atoms with Crippen LogP contribution in [-0.2, 0) is 6.54 Å². The summed E-state index contributed by atoms with van der Waals surface area (Å²) in [6.07, 6.45) is 7.11. The first-order valence-corrected chi connectivity index (χ1v) is 8.53. The Labute approximate surface area is 124 Å². The Morgan fingerprint density at radius 2 is 2.20 bits per heavy atom. The van der Waals surface area contributed by atoms with Crippen molar-refractivity contribution in [1.82, 2.24) is 14.7 Å². The van der Waals surface area contributed by atoms with Gasteiger partial charge in [-0.15, -0.1) is 11.3 Å². The van der Waals surface area contributed by atoms with Crippen molar-refractivity contribution in [3.63, 3.8) is 0 Å². The molecule has 0 aliphatic heterocycles. The molecule has 1 saturated carbocycles. The molecule has 1 aliphatic carbocycles. The van der Waals surface area contributed by atoms with Gasteiger partial charge in [0, 0.05) is 37.3 Å². The minimum Gasteiger partial charge on any atom is -0.355 e. The van der Waals surface area contributed by atoms with Gasteiger partial charge < -0.3 is 10.2 Å². The molecule has 1 aliphatic rings. The third-order valence-electron chi connectivity index (χ3n) is 4.30. The second kappa shape index (κ2) is 5.74. The summed E-state index contributed by atoms with van der Waals surface area (Å²) in [4.78, 5) is 8.32. The highest BCUT2D eigenvalue weighted by molar-refractivity contribution is 7.15. The highest BCUT2D eigenvalue weighted by atomic mass is 32.1. The van der Waals surface area contributed by atoms with Crippen molar-refractivity contribution in [3.05, 3.63) is 17.3 Å². The Bertz CT molecular complexity index is 565. The molecule has 5 heteroatoms. The van der Waals surface area contributed by atoms with Crippen LogP contribution in [0.5, 0.6) is 0 Å². The molecule has 2 aromatic heterocycles. The number of anilines is 1. The molecule has 4 nitrogen and oxygen atoms in total. The van der Waals surface area contributed by atoms with E-state index in [1.165, 1.54) is 18.5 Å². The summed E-state index contributed by atoms with van der Waals surface area (Å²) in [5, 5.41) is 5.74. The summed E-state index contributed by atoms with van der Waals surface area (Å²) < 4.78 is 2.24. The van der Waals surface area contributed by atoms with Crippen molar-refractivity contribution in [2.24, 2.45) is 0 Å². The molecule has 0 radical (unpaired) electrons. The standard InChI is InChI=1S/C15H24N4S/c1-4-12(5-2)18(3)14-13(10-16-11-6-7-11)19-8-9-20-15(19)17-14/h8-9,11-12,16H,4-7,10H2,1-3H3. The van der Waals surface area contributed by atoms with Gasteiger partial charge in [0.2, 0.25) is 0 Å². The van der Waals surface area contributed by atoms with E-state index in [-0.39, 0.29) is 0 Å². The predicted octanol–water partition coefficient (Wildman–Crippen LogP) is 3.27. The number of imidazole rings is 1. The van der Waals surface area contributed by atoms with E-state index in [0.717, 1.165) is 36.2 Å². The molecule has 3 rings (SSSR count). The van der Waals surface area contributed by atoms with Crippen LogP contribution in [-0.4, -0.2) is 28.5 Å². The molecule has 110 valence electrons. The molecule has 0 amide bonds. The molecular weight excluding hydrogens is 268 g/mol. The van der Waals surface area contributed by atoms with Crippen molar-refractivity contribution in [2.75, 3.05) is 11.9 Å². The van der Waals surface area contributed by atoms with Crippen LogP contribution in [0.4, 0.5) is 5.82 Å². The lowest BCUT2D eigenvalue weighted by atomic mass is 10.1. The first-order valence-electron chi connectivity index (χ1n) is 7.65. The fourth-order valence-electron chi connectivity index (χ4n) is 2.81. The van der Waals surface area contributed by atoms with Crippen molar-refractivity contribution < 1.29 is 0 Å². The highest BCUT2D eigenvalue weighted by Crippen LogP contribution is 2.28. The lowest BCUT2D eigenvalue weighted by Crippen LogP contribution is -2.32. The molecule has 0 aromatic carbocycles. The minimum absolute atomic E-state index is 0.569. The van der Waals surface area contributed by atoms with Crippen molar-refractivity contribution >= 4 is 22.1 Å². The van der Waals surface area contributed by atoms with E-state index in [1.54, 1.807) is 11.3 Å². The van der Waals surface area contributed by atoms with Gasteiger partial charge in [0.1, 0.15) is 0 Å². The summed E-state index contributed by atoms with van der Waals surface area (Å²) in [7, 11) is 2.19. The lowest BCUT2D eigenvalue weighted by molar-refractivity contribution is 0.582. The summed E-state index contributed by atoms with van der Waals surface area (Å²) in [5.74, 6) is 1.15. The number of rotatable bonds is 7. The molecule has 0 bridgehead atoms. The molecule has 0 saturated heterocycles. The number of hydrogen-bond acceptors (Lipinski definition) is 4. The quantitative estimate of drug-likeness (QED) is 0.850. The number of aromatic nitrogens is 2. The third kappa shape index (κ3) is 2.56. The number of nitrogens with one attached hydrogen (secondary N) is 1. The molecule has 0 atom stereocenters. The lowest BCUT2D eigenvalue weighted by Gasteiger charge is -2.27. The van der Waals surface area contributed by atoms with Gasteiger partial charge >= 0.3 is 0 Å². The maximum Gasteiger partial charge on any atom is 0.195 e. The van der Waals surface area contributed by atoms with Crippen LogP contribution in [0.25, 0.3) is 4.96 Å². The van der Waals surface area contributed by atoms with Crippen LogP contribution >= 0.6 is 11.3 Å². The van der Waals surface area contributed by atoms with Gasteiger partial charge in [-0.25, -0.2) is 4.98 Å². The minimum atomic E-state index is 0.569. The molecule has 1 N–H and O–H groups in total. The van der Waals surface area contributed by atoms with Gasteiger partial charge in [-0.1, -0.05) is 13.8 Å². The normalized spacial score (nSPS) is 15.4. The SMILES string of the molecule is CCC(CC)N(C)c1nc2sccn2c1CNC1CC1. The van der Waals surface area contributed by atoms with Crippen LogP contribution in [0.1, 0.15) is 45.2 Å². The van der Waals surface area contributed by atoms with E-state index in [0.29, 0.717) is 6.04 Å². The Morgan fingerprint density at radius 1 is 1.45 bits per heavy atom. The number of fused-ring (bicyclic) bond motifs is 1. The number of thiazole rings is 1. The number of hydrogen-bond donors (Lipinski definition) is 1. The van der Waals surface area contributed by atoms with Crippen LogP contribution in [0, 0.1) is 0 Å². The summed E-state index contributed by atoms with van der Waals surface area (Å²) in [5.41, 5.74) is 1.31. The monoisotopic (exact) mass is 292 g/mol. The second-order valence-corrected chi connectivity index (χ2v) is 6.55. The smallest absolute Gasteiger partial charge is 0.195 e. The molecule has 0 spiro atoms. The highest BCUT2D eigenvalue weighted by Gasteiger charge is 2.24. The van der Waals surface area contributed by atoms with Gasteiger partial charge in [-0.05, 0) is 25.7 Å². The fraction of sp³-hybridized carbons (Fsp3) is 0.667. The van der Waals surface area contributed by atoms with Crippen LogP contribution in [0.15, 0.2) is 11.6 Å².